The van der Waals surface area contributed by atoms with E-state index in [0.717, 1.165) is 5.56 Å². The Kier molecular flexibility index (Phi) is 2.91. The Morgan fingerprint density at radius 1 is 1.38 bits per heavy atom. The number of hydrogen-bond acceptors (Lipinski definition) is 2. The molecule has 3 nitrogen and oxygen atoms in total. The van der Waals surface area contributed by atoms with Crippen LogP contribution in [0.1, 0.15) is 18.9 Å². The summed E-state index contributed by atoms with van der Waals surface area (Å²) in [6.07, 6.45) is 1.73. The van der Waals surface area contributed by atoms with Crippen molar-refractivity contribution in [2.45, 2.75) is 18.9 Å². The minimum atomic E-state index is -0.559. The van der Waals surface area contributed by atoms with E-state index in [1.54, 1.807) is 12.1 Å². The summed E-state index contributed by atoms with van der Waals surface area (Å²) in [6, 6.07) is 5.30. The number of nitrogens with one attached hydrogen (secondary N) is 1. The van der Waals surface area contributed by atoms with Crippen molar-refractivity contribution in [3.63, 3.8) is 0 Å². The maximum absolute atomic E-state index is 11.3. The SMILES string of the molecule is CC1(c2ccc(Cl)c(Cl)c2)CC(=O)NC=N1. The van der Waals surface area contributed by atoms with Crippen LogP contribution in [0.25, 0.3) is 0 Å². The molecule has 1 aromatic carbocycles. The van der Waals surface area contributed by atoms with Gasteiger partial charge < -0.3 is 5.32 Å². The summed E-state index contributed by atoms with van der Waals surface area (Å²) in [5, 5.41) is 3.52. The van der Waals surface area contributed by atoms with Crippen molar-refractivity contribution in [2.24, 2.45) is 4.99 Å². The Balaban J connectivity index is 2.43. The molecule has 16 heavy (non-hydrogen) atoms. The average Bonchev–Trinajstić information content (AvgIpc) is 2.21. The largest absolute Gasteiger partial charge is 0.317 e. The topological polar surface area (TPSA) is 41.5 Å². The number of carbonyl (C=O) groups excluding carboxylic acids is 1. The molecule has 5 heteroatoms. The number of rotatable bonds is 1. The quantitative estimate of drug-likeness (QED) is 0.825. The fourth-order valence-corrected chi connectivity index (χ4v) is 1.96. The normalized spacial score (nSPS) is 24.3. The highest BCUT2D eigenvalue weighted by Crippen LogP contribution is 2.34. The molecule has 1 atom stereocenters. The van der Waals surface area contributed by atoms with Gasteiger partial charge >= 0.3 is 0 Å². The lowest BCUT2D eigenvalue weighted by Crippen LogP contribution is -2.36. The molecule has 1 aliphatic rings. The average molecular weight is 257 g/mol. The fraction of sp³-hybridized carbons (Fsp3) is 0.273. The van der Waals surface area contributed by atoms with Crippen LogP contribution in [0.5, 0.6) is 0 Å². The lowest BCUT2D eigenvalue weighted by molar-refractivity contribution is -0.121. The van der Waals surface area contributed by atoms with Crippen LogP contribution >= 0.6 is 23.2 Å². The van der Waals surface area contributed by atoms with Gasteiger partial charge in [-0.2, -0.15) is 0 Å². The zero-order chi connectivity index (χ0) is 11.8. The van der Waals surface area contributed by atoms with Crippen molar-refractivity contribution in [1.29, 1.82) is 0 Å². The van der Waals surface area contributed by atoms with Gasteiger partial charge in [0.05, 0.1) is 28.3 Å². The third kappa shape index (κ3) is 2.06. The van der Waals surface area contributed by atoms with Crippen LogP contribution in [0.15, 0.2) is 23.2 Å². The van der Waals surface area contributed by atoms with Crippen LogP contribution < -0.4 is 5.32 Å². The third-order valence-corrected chi connectivity index (χ3v) is 3.36. The van der Waals surface area contributed by atoms with Gasteiger partial charge in [-0.3, -0.25) is 9.79 Å². The second kappa shape index (κ2) is 4.07. The molecule has 0 radical (unpaired) electrons. The molecular formula is C11H10Cl2N2O. The highest BCUT2D eigenvalue weighted by atomic mass is 35.5. The molecule has 1 aliphatic heterocycles. The number of hydrogen-bond donors (Lipinski definition) is 1. The van der Waals surface area contributed by atoms with Gasteiger partial charge in [0, 0.05) is 0 Å². The van der Waals surface area contributed by atoms with E-state index < -0.39 is 5.54 Å². The lowest BCUT2D eigenvalue weighted by atomic mass is 9.88. The fourth-order valence-electron chi connectivity index (χ4n) is 1.66. The van der Waals surface area contributed by atoms with Crippen molar-refractivity contribution >= 4 is 35.4 Å². The number of aliphatic imine (C=N–C) groups is 1. The van der Waals surface area contributed by atoms with E-state index in [2.05, 4.69) is 10.3 Å². The summed E-state index contributed by atoms with van der Waals surface area (Å²) in [5.41, 5.74) is 0.323. The van der Waals surface area contributed by atoms with Crippen molar-refractivity contribution in [3.05, 3.63) is 33.8 Å². The number of carbonyl (C=O) groups is 1. The summed E-state index contributed by atoms with van der Waals surface area (Å²) in [7, 11) is 0. The molecule has 0 spiro atoms. The van der Waals surface area contributed by atoms with Crippen molar-refractivity contribution in [3.8, 4) is 0 Å². The Labute approximate surface area is 103 Å². The zero-order valence-electron chi connectivity index (χ0n) is 8.63. The van der Waals surface area contributed by atoms with Crippen molar-refractivity contribution in [1.82, 2.24) is 5.32 Å². The lowest BCUT2D eigenvalue weighted by Gasteiger charge is -2.28. The van der Waals surface area contributed by atoms with E-state index in [4.69, 9.17) is 23.2 Å². The van der Waals surface area contributed by atoms with E-state index in [0.29, 0.717) is 16.5 Å². The second-order valence-corrected chi connectivity index (χ2v) is 4.72. The predicted octanol–water partition coefficient (Wildman–Crippen LogP) is 2.76. The molecule has 84 valence electrons. The Morgan fingerprint density at radius 3 is 2.75 bits per heavy atom. The monoisotopic (exact) mass is 256 g/mol. The van der Waals surface area contributed by atoms with E-state index in [1.165, 1.54) is 6.34 Å². The van der Waals surface area contributed by atoms with Gasteiger partial charge in [0.1, 0.15) is 0 Å². The number of nitrogens with zero attached hydrogens (tertiary/aromatic N) is 1. The van der Waals surface area contributed by atoms with Crippen LogP contribution in [0.3, 0.4) is 0 Å². The van der Waals surface area contributed by atoms with E-state index in [-0.39, 0.29) is 5.91 Å². The first-order chi connectivity index (χ1) is 7.51. The van der Waals surface area contributed by atoms with Gasteiger partial charge in [0.25, 0.3) is 0 Å². The maximum Gasteiger partial charge on any atom is 0.227 e. The molecule has 0 fully saturated rings. The van der Waals surface area contributed by atoms with Crippen LogP contribution in [-0.4, -0.2) is 12.2 Å². The summed E-state index contributed by atoms with van der Waals surface area (Å²) in [6.45, 7) is 1.89. The Hall–Kier alpha value is -1.06. The predicted molar refractivity (Wildman–Crippen MR) is 65.1 cm³/mol. The molecule has 0 bridgehead atoms. The van der Waals surface area contributed by atoms with E-state index in [1.807, 2.05) is 13.0 Å². The first-order valence-corrected chi connectivity index (χ1v) is 5.55. The number of halogens is 2. The number of amides is 1. The van der Waals surface area contributed by atoms with Gasteiger partial charge in [-0.15, -0.1) is 0 Å². The van der Waals surface area contributed by atoms with Gasteiger partial charge in [-0.05, 0) is 24.6 Å². The molecule has 0 aromatic heterocycles. The Morgan fingerprint density at radius 2 is 2.12 bits per heavy atom. The summed E-state index contributed by atoms with van der Waals surface area (Å²) in [5.74, 6) is -0.0522. The Bertz CT molecular complexity index is 473. The minimum Gasteiger partial charge on any atom is -0.317 e. The standard InChI is InChI=1S/C11H10Cl2N2O/c1-11(5-10(16)14-6-15-11)7-2-3-8(12)9(13)4-7/h2-4,6H,5H2,1H3,(H,14,15,16). The molecular weight excluding hydrogens is 247 g/mol. The highest BCUT2D eigenvalue weighted by molar-refractivity contribution is 6.42. The van der Waals surface area contributed by atoms with Gasteiger partial charge in [0.2, 0.25) is 5.91 Å². The van der Waals surface area contributed by atoms with Crippen LogP contribution in [0.2, 0.25) is 10.0 Å². The van der Waals surface area contributed by atoms with Crippen molar-refractivity contribution in [2.75, 3.05) is 0 Å². The number of benzene rings is 1. The van der Waals surface area contributed by atoms with E-state index in [9.17, 15) is 4.79 Å². The van der Waals surface area contributed by atoms with Crippen LogP contribution in [-0.2, 0) is 10.3 Å². The molecule has 0 saturated carbocycles. The second-order valence-electron chi connectivity index (χ2n) is 3.91. The highest BCUT2D eigenvalue weighted by Gasteiger charge is 2.31. The molecule has 1 unspecified atom stereocenters. The maximum atomic E-state index is 11.3. The molecule has 1 amide bonds. The summed E-state index contributed by atoms with van der Waals surface area (Å²) >= 11 is 11.8. The first kappa shape index (κ1) is 11.4. The molecule has 0 saturated heterocycles. The molecule has 0 aliphatic carbocycles. The smallest absolute Gasteiger partial charge is 0.227 e. The van der Waals surface area contributed by atoms with Gasteiger partial charge in [-0.1, -0.05) is 29.3 Å². The summed E-state index contributed by atoms with van der Waals surface area (Å²) in [4.78, 5) is 15.6. The van der Waals surface area contributed by atoms with E-state index >= 15 is 0 Å². The third-order valence-electron chi connectivity index (χ3n) is 2.62. The molecule has 2 rings (SSSR count). The van der Waals surface area contributed by atoms with Gasteiger partial charge in [0.15, 0.2) is 0 Å². The zero-order valence-corrected chi connectivity index (χ0v) is 10.1. The molecule has 1 N–H and O–H groups in total. The van der Waals surface area contributed by atoms with Crippen LogP contribution in [0.4, 0.5) is 0 Å². The van der Waals surface area contributed by atoms with Crippen molar-refractivity contribution < 1.29 is 4.79 Å². The molecule has 1 heterocycles. The van der Waals surface area contributed by atoms with Crippen LogP contribution in [0, 0.1) is 0 Å². The van der Waals surface area contributed by atoms with Gasteiger partial charge in [-0.25, -0.2) is 0 Å². The first-order valence-electron chi connectivity index (χ1n) is 4.80. The molecule has 1 aromatic rings. The minimum absolute atomic E-state index is 0.0522. The summed E-state index contributed by atoms with van der Waals surface area (Å²) < 4.78 is 0.